The minimum absolute atomic E-state index is 0.378. The summed E-state index contributed by atoms with van der Waals surface area (Å²) >= 11 is 1.86. The molecule has 0 radical (unpaired) electrons. The molecule has 3 heterocycles. The van der Waals surface area contributed by atoms with E-state index < -0.39 is 0 Å². The lowest BCUT2D eigenvalue weighted by Crippen LogP contribution is -2.30. The van der Waals surface area contributed by atoms with Gasteiger partial charge in [0.15, 0.2) is 0 Å². The number of rotatable bonds is 5. The Morgan fingerprint density at radius 1 is 1.48 bits per heavy atom. The summed E-state index contributed by atoms with van der Waals surface area (Å²) in [5.41, 5.74) is 8.31. The van der Waals surface area contributed by atoms with Gasteiger partial charge in [-0.05, 0) is 44.6 Å². The van der Waals surface area contributed by atoms with Crippen molar-refractivity contribution in [2.45, 2.75) is 45.2 Å². The summed E-state index contributed by atoms with van der Waals surface area (Å²) in [6, 6.07) is 0. The lowest BCUT2D eigenvalue weighted by Gasteiger charge is -2.24. The lowest BCUT2D eigenvalue weighted by atomic mass is 9.94. The number of hydrogen-bond acceptors (Lipinski definition) is 5. The van der Waals surface area contributed by atoms with Crippen LogP contribution >= 0.6 is 11.3 Å². The highest BCUT2D eigenvalue weighted by atomic mass is 32.1. The average Bonchev–Trinajstić information content (AvgIpc) is 3.19. The number of hydrogen-bond donors (Lipinski definition) is 2. The zero-order chi connectivity index (χ0) is 15.8. The highest BCUT2D eigenvalue weighted by Crippen LogP contribution is 2.27. The largest absolute Gasteiger partial charge is 0.365 e. The Labute approximate surface area is 139 Å². The number of aryl methyl sites for hydroxylation is 3. The summed E-state index contributed by atoms with van der Waals surface area (Å²) in [6.07, 6.45) is 7.15. The molecule has 1 aliphatic carbocycles. The first-order valence-corrected chi connectivity index (χ1v) is 9.05. The fraction of sp³-hybridized carbons (Fsp3) is 0.562. The van der Waals surface area contributed by atoms with Crippen LogP contribution in [0.1, 0.15) is 44.5 Å². The van der Waals surface area contributed by atoms with Crippen molar-refractivity contribution in [2.75, 3.05) is 6.54 Å². The van der Waals surface area contributed by atoms with Crippen molar-refractivity contribution in [3.8, 4) is 0 Å². The zero-order valence-electron chi connectivity index (χ0n) is 13.0. The quantitative estimate of drug-likeness (QED) is 0.864. The van der Waals surface area contributed by atoms with Crippen molar-refractivity contribution in [1.29, 1.82) is 0 Å². The summed E-state index contributed by atoms with van der Waals surface area (Å²) in [6.45, 7) is 2.64. The van der Waals surface area contributed by atoms with Crippen molar-refractivity contribution < 1.29 is 4.79 Å². The van der Waals surface area contributed by atoms with Crippen LogP contribution in [0.4, 0.5) is 0 Å². The van der Waals surface area contributed by atoms with Crippen molar-refractivity contribution in [1.82, 2.24) is 20.1 Å². The normalized spacial score (nSPS) is 19.6. The fourth-order valence-electron chi connectivity index (χ4n) is 3.58. The van der Waals surface area contributed by atoms with Crippen LogP contribution in [0.15, 0.2) is 6.20 Å². The smallest absolute Gasteiger partial charge is 0.252 e. The Morgan fingerprint density at radius 2 is 2.39 bits per heavy atom. The second-order valence-electron chi connectivity index (χ2n) is 6.41. The molecular formula is C16H21N5OS. The van der Waals surface area contributed by atoms with Crippen molar-refractivity contribution in [3.63, 3.8) is 0 Å². The molecule has 1 aliphatic heterocycles. The number of nitrogens with two attached hydrogens (primary N) is 1. The summed E-state index contributed by atoms with van der Waals surface area (Å²) in [5, 5.41) is 8.99. The minimum Gasteiger partial charge on any atom is -0.365 e. The lowest BCUT2D eigenvalue weighted by molar-refractivity contribution is 0.0998. The maximum absolute atomic E-state index is 11.5. The number of carbonyl (C=O) groups is 1. The van der Waals surface area contributed by atoms with E-state index in [1.54, 1.807) is 6.20 Å². The molecule has 23 heavy (non-hydrogen) atoms. The molecule has 2 aromatic rings. The fourth-order valence-corrected chi connectivity index (χ4v) is 4.71. The Balaban J connectivity index is 1.33. The van der Waals surface area contributed by atoms with E-state index in [2.05, 4.69) is 10.4 Å². The summed E-state index contributed by atoms with van der Waals surface area (Å²) < 4.78 is 1.92. The van der Waals surface area contributed by atoms with Gasteiger partial charge >= 0.3 is 0 Å². The number of nitrogens with zero attached hydrogens (tertiary/aromatic N) is 3. The highest BCUT2D eigenvalue weighted by molar-refractivity contribution is 7.11. The molecule has 2 aliphatic rings. The molecule has 0 bridgehead atoms. The van der Waals surface area contributed by atoms with E-state index in [0.717, 1.165) is 44.6 Å². The van der Waals surface area contributed by atoms with E-state index in [-0.39, 0.29) is 5.91 Å². The number of carbonyl (C=O) groups excluding carboxylic acids is 1. The number of nitrogens with one attached hydrogen (secondary N) is 1. The predicted octanol–water partition coefficient (Wildman–Crippen LogP) is 1.28. The topological polar surface area (TPSA) is 85.8 Å². The molecule has 0 spiro atoms. The number of fused-ring (bicyclic) bond motifs is 2. The molecule has 1 amide bonds. The summed E-state index contributed by atoms with van der Waals surface area (Å²) in [5.74, 6) is 0.140. The van der Waals surface area contributed by atoms with Gasteiger partial charge < -0.3 is 11.1 Å². The molecule has 1 atom stereocenters. The third-order valence-corrected chi connectivity index (χ3v) is 5.95. The number of aromatic nitrogens is 3. The van der Waals surface area contributed by atoms with Crippen LogP contribution in [0.2, 0.25) is 0 Å². The van der Waals surface area contributed by atoms with Crippen LogP contribution in [0.25, 0.3) is 0 Å². The molecule has 3 N–H and O–H groups in total. The van der Waals surface area contributed by atoms with E-state index in [0.29, 0.717) is 11.5 Å². The molecule has 6 nitrogen and oxygen atoms in total. The molecule has 0 unspecified atom stereocenters. The van der Waals surface area contributed by atoms with Gasteiger partial charge in [-0.2, -0.15) is 5.10 Å². The molecule has 122 valence electrons. The van der Waals surface area contributed by atoms with Crippen LogP contribution in [-0.4, -0.2) is 27.2 Å². The van der Waals surface area contributed by atoms with Crippen LogP contribution in [0, 0.1) is 5.92 Å². The summed E-state index contributed by atoms with van der Waals surface area (Å²) in [7, 11) is 0. The molecule has 0 aromatic carbocycles. The summed E-state index contributed by atoms with van der Waals surface area (Å²) in [4.78, 5) is 17.7. The molecule has 7 heteroatoms. The van der Waals surface area contributed by atoms with Gasteiger partial charge in [-0.15, -0.1) is 11.3 Å². The molecular weight excluding hydrogens is 310 g/mol. The third-order valence-electron chi connectivity index (χ3n) is 4.79. The standard InChI is InChI=1S/C16H21N5OS/c17-16(22)11-8-19-21-5-4-10(6-13(11)21)7-18-9-15-20-12-2-1-3-14(12)23-15/h8,10,18H,1-7,9H2,(H2,17,22)/t10-/m1/s1. The van der Waals surface area contributed by atoms with Gasteiger partial charge in [0.05, 0.1) is 23.1 Å². The zero-order valence-corrected chi connectivity index (χ0v) is 13.9. The van der Waals surface area contributed by atoms with E-state index in [9.17, 15) is 4.79 Å². The molecule has 0 fully saturated rings. The van der Waals surface area contributed by atoms with E-state index >= 15 is 0 Å². The van der Waals surface area contributed by atoms with Crippen molar-refractivity contribution >= 4 is 17.2 Å². The van der Waals surface area contributed by atoms with Crippen LogP contribution in [0.3, 0.4) is 0 Å². The van der Waals surface area contributed by atoms with Gasteiger partial charge in [0.1, 0.15) is 5.01 Å². The first-order valence-electron chi connectivity index (χ1n) is 8.23. The Hall–Kier alpha value is -1.73. The highest BCUT2D eigenvalue weighted by Gasteiger charge is 2.24. The molecule has 0 saturated heterocycles. The number of primary amides is 1. The predicted molar refractivity (Wildman–Crippen MR) is 88.4 cm³/mol. The minimum atomic E-state index is -0.378. The van der Waals surface area contributed by atoms with E-state index in [1.807, 2.05) is 16.0 Å². The monoisotopic (exact) mass is 331 g/mol. The second kappa shape index (κ2) is 6.05. The van der Waals surface area contributed by atoms with Gasteiger partial charge in [-0.3, -0.25) is 9.48 Å². The maximum atomic E-state index is 11.5. The third kappa shape index (κ3) is 2.90. The molecule has 2 aromatic heterocycles. The Morgan fingerprint density at radius 3 is 3.22 bits per heavy atom. The first kappa shape index (κ1) is 14.8. The second-order valence-corrected chi connectivity index (χ2v) is 7.58. The van der Waals surface area contributed by atoms with Crippen LogP contribution in [-0.2, 0) is 32.4 Å². The van der Waals surface area contributed by atoms with Gasteiger partial charge in [-0.25, -0.2) is 4.98 Å². The van der Waals surface area contributed by atoms with Gasteiger partial charge in [0.25, 0.3) is 5.91 Å². The van der Waals surface area contributed by atoms with E-state index in [1.165, 1.54) is 28.4 Å². The number of amides is 1. The SMILES string of the molecule is NC(=O)c1cnn2c1C[C@H](CNCc1nc3c(s1)CCC3)CC2. The van der Waals surface area contributed by atoms with Gasteiger partial charge in [0, 0.05) is 18.0 Å². The van der Waals surface area contributed by atoms with Crippen LogP contribution < -0.4 is 11.1 Å². The molecule has 4 rings (SSSR count). The van der Waals surface area contributed by atoms with E-state index in [4.69, 9.17) is 10.7 Å². The van der Waals surface area contributed by atoms with Crippen molar-refractivity contribution in [2.24, 2.45) is 11.7 Å². The van der Waals surface area contributed by atoms with Crippen molar-refractivity contribution in [3.05, 3.63) is 33.0 Å². The Kier molecular flexibility index (Phi) is 3.90. The number of thiazole rings is 1. The van der Waals surface area contributed by atoms with Gasteiger partial charge in [0.2, 0.25) is 0 Å². The molecule has 0 saturated carbocycles. The maximum Gasteiger partial charge on any atom is 0.252 e. The van der Waals surface area contributed by atoms with Gasteiger partial charge in [-0.1, -0.05) is 0 Å². The van der Waals surface area contributed by atoms with Crippen LogP contribution in [0.5, 0.6) is 0 Å². The average molecular weight is 331 g/mol. The Bertz CT molecular complexity index is 713. The first-order chi connectivity index (χ1) is 11.2.